The highest BCUT2D eigenvalue weighted by molar-refractivity contribution is 5.94. The fraction of sp³-hybridized carbons (Fsp3) is 0.545. The summed E-state index contributed by atoms with van der Waals surface area (Å²) in [7, 11) is 0. The third-order valence-corrected chi connectivity index (χ3v) is 2.31. The number of furan rings is 1. The first-order valence-corrected chi connectivity index (χ1v) is 5.01. The average molecular weight is 211 g/mol. The minimum atomic E-state index is -0.215. The van der Waals surface area contributed by atoms with Crippen molar-refractivity contribution in [3.8, 4) is 0 Å². The lowest BCUT2D eigenvalue weighted by Gasteiger charge is -2.19. The van der Waals surface area contributed by atoms with Crippen LogP contribution in [0.5, 0.6) is 0 Å². The monoisotopic (exact) mass is 211 g/mol. The second-order valence-corrected chi connectivity index (χ2v) is 3.95. The molecule has 0 saturated heterocycles. The molecule has 0 aliphatic rings. The third-order valence-electron chi connectivity index (χ3n) is 2.31. The van der Waals surface area contributed by atoms with Gasteiger partial charge in [0.2, 0.25) is 0 Å². The van der Waals surface area contributed by atoms with Gasteiger partial charge in [-0.2, -0.15) is 0 Å². The molecular weight excluding hydrogens is 194 g/mol. The van der Waals surface area contributed by atoms with Gasteiger partial charge in [-0.05, 0) is 18.9 Å². The van der Waals surface area contributed by atoms with Crippen molar-refractivity contribution in [2.24, 2.45) is 5.92 Å². The summed E-state index contributed by atoms with van der Waals surface area (Å²) >= 11 is 0. The fourth-order valence-electron chi connectivity index (χ4n) is 1.24. The topological polar surface area (TPSA) is 62.5 Å². The van der Waals surface area contributed by atoms with E-state index in [1.165, 1.54) is 6.26 Å². The Hall–Kier alpha value is -1.29. The molecule has 1 unspecified atom stereocenters. The summed E-state index contributed by atoms with van der Waals surface area (Å²) in [5.74, 6) is 0.691. The molecule has 4 nitrogen and oxygen atoms in total. The van der Waals surface area contributed by atoms with Crippen molar-refractivity contribution >= 4 is 5.91 Å². The zero-order chi connectivity index (χ0) is 11.4. The highest BCUT2D eigenvalue weighted by atomic mass is 16.3. The van der Waals surface area contributed by atoms with Crippen LogP contribution in [0, 0.1) is 12.8 Å². The third kappa shape index (κ3) is 3.09. The molecule has 15 heavy (non-hydrogen) atoms. The standard InChI is InChI=1S/C11H17NO3/c1-7(2)10(5-13)12-11(14)9-4-8(3)15-6-9/h4,6-7,10,13H,5H2,1-3H3,(H,12,14). The predicted octanol–water partition coefficient (Wildman–Crippen LogP) is 1.33. The van der Waals surface area contributed by atoms with Gasteiger partial charge in [0, 0.05) is 0 Å². The zero-order valence-electron chi connectivity index (χ0n) is 9.28. The second kappa shape index (κ2) is 4.98. The molecule has 0 bridgehead atoms. The summed E-state index contributed by atoms with van der Waals surface area (Å²) in [6.45, 7) is 5.62. The van der Waals surface area contributed by atoms with Crippen LogP contribution in [0.1, 0.15) is 30.0 Å². The molecule has 0 saturated carbocycles. The van der Waals surface area contributed by atoms with Crippen molar-refractivity contribution in [3.63, 3.8) is 0 Å². The molecule has 1 heterocycles. The van der Waals surface area contributed by atoms with E-state index in [4.69, 9.17) is 9.52 Å². The lowest BCUT2D eigenvalue weighted by molar-refractivity contribution is 0.0896. The molecule has 4 heteroatoms. The van der Waals surface area contributed by atoms with E-state index in [1.807, 2.05) is 13.8 Å². The van der Waals surface area contributed by atoms with Crippen molar-refractivity contribution in [2.45, 2.75) is 26.8 Å². The van der Waals surface area contributed by atoms with Crippen molar-refractivity contribution in [3.05, 3.63) is 23.7 Å². The molecule has 0 fully saturated rings. The molecule has 0 radical (unpaired) electrons. The smallest absolute Gasteiger partial charge is 0.254 e. The SMILES string of the molecule is Cc1cc(C(=O)NC(CO)C(C)C)co1. The molecular formula is C11H17NO3. The number of nitrogens with one attached hydrogen (secondary N) is 1. The van der Waals surface area contributed by atoms with Crippen LogP contribution in [-0.4, -0.2) is 23.7 Å². The van der Waals surface area contributed by atoms with Gasteiger partial charge in [0.25, 0.3) is 5.91 Å². The van der Waals surface area contributed by atoms with Crippen LogP contribution < -0.4 is 5.32 Å². The van der Waals surface area contributed by atoms with E-state index < -0.39 is 0 Å². The summed E-state index contributed by atoms with van der Waals surface area (Å²) < 4.78 is 5.04. The van der Waals surface area contributed by atoms with Crippen molar-refractivity contribution < 1.29 is 14.3 Å². The van der Waals surface area contributed by atoms with Gasteiger partial charge >= 0.3 is 0 Å². The lowest BCUT2D eigenvalue weighted by Crippen LogP contribution is -2.40. The Labute approximate surface area is 89.3 Å². The van der Waals surface area contributed by atoms with Gasteiger partial charge in [0.05, 0.1) is 18.2 Å². The van der Waals surface area contributed by atoms with Crippen LogP contribution in [0.15, 0.2) is 16.7 Å². The van der Waals surface area contributed by atoms with E-state index >= 15 is 0 Å². The minimum absolute atomic E-state index is 0.0553. The molecule has 0 aromatic carbocycles. The van der Waals surface area contributed by atoms with Crippen LogP contribution in [-0.2, 0) is 0 Å². The van der Waals surface area contributed by atoms with E-state index in [0.29, 0.717) is 11.3 Å². The number of aliphatic hydroxyl groups excluding tert-OH is 1. The van der Waals surface area contributed by atoms with Crippen LogP contribution in [0.2, 0.25) is 0 Å². The Balaban J connectivity index is 2.62. The van der Waals surface area contributed by atoms with Crippen LogP contribution >= 0.6 is 0 Å². The molecule has 0 aliphatic carbocycles. The van der Waals surface area contributed by atoms with Gasteiger partial charge in [0.1, 0.15) is 12.0 Å². The van der Waals surface area contributed by atoms with Crippen molar-refractivity contribution in [2.75, 3.05) is 6.61 Å². The summed E-state index contributed by atoms with van der Waals surface area (Å²) in [5.41, 5.74) is 0.492. The number of aryl methyl sites for hydroxylation is 1. The van der Waals surface area contributed by atoms with Crippen LogP contribution in [0.4, 0.5) is 0 Å². The Morgan fingerprint density at radius 3 is 2.67 bits per heavy atom. The van der Waals surface area contributed by atoms with Gasteiger partial charge in [-0.25, -0.2) is 0 Å². The van der Waals surface area contributed by atoms with Gasteiger partial charge in [-0.15, -0.1) is 0 Å². The van der Waals surface area contributed by atoms with Gasteiger partial charge in [0.15, 0.2) is 0 Å². The van der Waals surface area contributed by atoms with E-state index in [-0.39, 0.29) is 24.5 Å². The summed E-state index contributed by atoms with van der Waals surface area (Å²) in [6.07, 6.45) is 1.42. The summed E-state index contributed by atoms with van der Waals surface area (Å²) in [6, 6.07) is 1.46. The first kappa shape index (κ1) is 11.8. The number of carbonyl (C=O) groups is 1. The van der Waals surface area contributed by atoms with Gasteiger partial charge < -0.3 is 14.8 Å². The van der Waals surface area contributed by atoms with Gasteiger partial charge in [-0.1, -0.05) is 13.8 Å². The second-order valence-electron chi connectivity index (χ2n) is 3.95. The summed E-state index contributed by atoms with van der Waals surface area (Å²) in [4.78, 5) is 11.6. The fourth-order valence-corrected chi connectivity index (χ4v) is 1.24. The molecule has 1 amide bonds. The maximum Gasteiger partial charge on any atom is 0.254 e. The molecule has 0 aliphatic heterocycles. The van der Waals surface area contributed by atoms with Crippen LogP contribution in [0.25, 0.3) is 0 Å². The molecule has 1 rings (SSSR count). The van der Waals surface area contributed by atoms with E-state index in [9.17, 15) is 4.79 Å². The highest BCUT2D eigenvalue weighted by Gasteiger charge is 2.17. The minimum Gasteiger partial charge on any atom is -0.469 e. The number of hydrogen-bond donors (Lipinski definition) is 2. The Morgan fingerprint density at radius 2 is 2.27 bits per heavy atom. The molecule has 1 aromatic rings. The summed E-state index contributed by atoms with van der Waals surface area (Å²) in [5, 5.41) is 11.8. The van der Waals surface area contributed by atoms with E-state index in [0.717, 1.165) is 0 Å². The molecule has 1 atom stereocenters. The Morgan fingerprint density at radius 1 is 1.60 bits per heavy atom. The number of carbonyl (C=O) groups excluding carboxylic acids is 1. The van der Waals surface area contributed by atoms with Gasteiger partial charge in [-0.3, -0.25) is 4.79 Å². The zero-order valence-corrected chi connectivity index (χ0v) is 9.28. The van der Waals surface area contributed by atoms with Crippen molar-refractivity contribution in [1.82, 2.24) is 5.32 Å². The quantitative estimate of drug-likeness (QED) is 0.789. The van der Waals surface area contributed by atoms with E-state index in [1.54, 1.807) is 13.0 Å². The number of amides is 1. The largest absolute Gasteiger partial charge is 0.469 e. The molecule has 84 valence electrons. The number of aliphatic hydroxyl groups is 1. The maximum atomic E-state index is 11.6. The van der Waals surface area contributed by atoms with Crippen molar-refractivity contribution in [1.29, 1.82) is 0 Å². The number of rotatable bonds is 4. The predicted molar refractivity (Wildman–Crippen MR) is 56.6 cm³/mol. The maximum absolute atomic E-state index is 11.6. The molecule has 1 aromatic heterocycles. The highest BCUT2D eigenvalue weighted by Crippen LogP contribution is 2.08. The van der Waals surface area contributed by atoms with E-state index in [2.05, 4.69) is 5.32 Å². The van der Waals surface area contributed by atoms with Crippen LogP contribution in [0.3, 0.4) is 0 Å². The molecule has 2 N–H and O–H groups in total. The number of hydrogen-bond acceptors (Lipinski definition) is 3. The first-order valence-electron chi connectivity index (χ1n) is 5.01. The molecule has 0 spiro atoms. The average Bonchev–Trinajstić information content (AvgIpc) is 2.60. The first-order chi connectivity index (χ1) is 7.04. The Bertz CT molecular complexity index is 330. The normalized spacial score (nSPS) is 12.9. The lowest BCUT2D eigenvalue weighted by atomic mass is 10.1. The Kier molecular flexibility index (Phi) is 3.91.